The van der Waals surface area contributed by atoms with Gasteiger partial charge in [-0.3, -0.25) is 0 Å². The Balaban J connectivity index is 0.00000242. The van der Waals surface area contributed by atoms with Crippen LogP contribution < -0.4 is 10.0 Å². The van der Waals surface area contributed by atoms with Gasteiger partial charge in [0, 0.05) is 32.7 Å². The number of nitrogens with one attached hydrogen (secondary N) is 2. The highest BCUT2D eigenvalue weighted by Gasteiger charge is 2.14. The van der Waals surface area contributed by atoms with Gasteiger partial charge in [-0.15, -0.1) is 24.8 Å². The van der Waals surface area contributed by atoms with E-state index < -0.39 is 10.0 Å². The minimum absolute atomic E-state index is 0. The maximum atomic E-state index is 12.1. The Morgan fingerprint density at radius 3 is 2.30 bits per heavy atom. The zero-order valence-electron chi connectivity index (χ0n) is 13.5. The quantitative estimate of drug-likeness (QED) is 0.702. The number of piperazine rings is 1. The summed E-state index contributed by atoms with van der Waals surface area (Å²) in [6.07, 6.45) is 1.75. The Hall–Kier alpha value is -0.370. The van der Waals surface area contributed by atoms with Crippen molar-refractivity contribution in [1.29, 1.82) is 0 Å². The predicted octanol–water partition coefficient (Wildman–Crippen LogP) is 1.67. The van der Waals surface area contributed by atoms with Gasteiger partial charge in [-0.1, -0.05) is 19.1 Å². The van der Waals surface area contributed by atoms with Crippen LogP contribution in [0.1, 0.15) is 18.9 Å². The molecule has 2 rings (SSSR count). The van der Waals surface area contributed by atoms with E-state index in [4.69, 9.17) is 0 Å². The van der Waals surface area contributed by atoms with Crippen LogP contribution in [0.2, 0.25) is 0 Å². The molecule has 0 amide bonds. The maximum absolute atomic E-state index is 12.1. The van der Waals surface area contributed by atoms with Gasteiger partial charge in [0.25, 0.3) is 0 Å². The van der Waals surface area contributed by atoms with Crippen LogP contribution in [-0.4, -0.2) is 52.6 Å². The van der Waals surface area contributed by atoms with Gasteiger partial charge in [-0.25, -0.2) is 13.1 Å². The number of aryl methyl sites for hydroxylation is 1. The summed E-state index contributed by atoms with van der Waals surface area (Å²) < 4.78 is 27.0. The first-order valence-electron chi connectivity index (χ1n) is 7.63. The molecule has 0 aromatic heterocycles. The highest BCUT2D eigenvalue weighted by atomic mass is 35.5. The summed E-state index contributed by atoms with van der Waals surface area (Å²) in [5, 5.41) is 3.31. The Labute approximate surface area is 152 Å². The second kappa shape index (κ2) is 11.2. The van der Waals surface area contributed by atoms with E-state index in [-0.39, 0.29) is 24.8 Å². The number of hydrogen-bond acceptors (Lipinski definition) is 4. The second-order valence-corrected chi connectivity index (χ2v) is 7.11. The predicted molar refractivity (Wildman–Crippen MR) is 99.4 cm³/mol. The molecule has 0 aliphatic carbocycles. The van der Waals surface area contributed by atoms with Crippen LogP contribution >= 0.6 is 24.8 Å². The molecule has 1 aromatic rings. The van der Waals surface area contributed by atoms with Crippen molar-refractivity contribution in [3.05, 3.63) is 29.8 Å². The first-order chi connectivity index (χ1) is 10.1. The number of rotatable bonds is 7. The summed E-state index contributed by atoms with van der Waals surface area (Å²) in [7, 11) is -3.37. The maximum Gasteiger partial charge on any atom is 0.240 e. The smallest absolute Gasteiger partial charge is 0.240 e. The van der Waals surface area contributed by atoms with Crippen LogP contribution in [0.25, 0.3) is 0 Å². The highest BCUT2D eigenvalue weighted by Crippen LogP contribution is 2.10. The lowest BCUT2D eigenvalue weighted by atomic mass is 10.2. The molecule has 134 valence electrons. The van der Waals surface area contributed by atoms with Gasteiger partial charge >= 0.3 is 0 Å². The molecule has 23 heavy (non-hydrogen) atoms. The molecule has 0 radical (unpaired) electrons. The minimum atomic E-state index is -3.37. The van der Waals surface area contributed by atoms with Crippen LogP contribution in [0.15, 0.2) is 29.2 Å². The lowest BCUT2D eigenvalue weighted by Crippen LogP contribution is -2.44. The Morgan fingerprint density at radius 2 is 1.74 bits per heavy atom. The molecule has 0 atom stereocenters. The molecular weight excluding hydrogens is 357 g/mol. The van der Waals surface area contributed by atoms with Crippen molar-refractivity contribution in [2.75, 3.05) is 39.3 Å². The summed E-state index contributed by atoms with van der Waals surface area (Å²) in [6.45, 7) is 7.63. The second-order valence-electron chi connectivity index (χ2n) is 5.34. The molecule has 1 fully saturated rings. The topological polar surface area (TPSA) is 61.4 Å². The van der Waals surface area contributed by atoms with Crippen molar-refractivity contribution < 1.29 is 8.42 Å². The van der Waals surface area contributed by atoms with E-state index in [0.29, 0.717) is 11.4 Å². The largest absolute Gasteiger partial charge is 0.314 e. The molecule has 8 heteroatoms. The Bertz CT molecular complexity index is 532. The van der Waals surface area contributed by atoms with Crippen molar-refractivity contribution in [2.45, 2.75) is 24.7 Å². The first-order valence-corrected chi connectivity index (χ1v) is 9.12. The van der Waals surface area contributed by atoms with Crippen LogP contribution in [0.3, 0.4) is 0 Å². The molecule has 1 aliphatic rings. The lowest BCUT2D eigenvalue weighted by molar-refractivity contribution is 0.239. The normalized spacial score (nSPS) is 15.5. The molecule has 5 nitrogen and oxygen atoms in total. The lowest BCUT2D eigenvalue weighted by Gasteiger charge is -2.27. The number of benzene rings is 1. The molecule has 1 heterocycles. The van der Waals surface area contributed by atoms with Gasteiger partial charge in [0.2, 0.25) is 10.0 Å². The monoisotopic (exact) mass is 383 g/mol. The Morgan fingerprint density at radius 1 is 1.13 bits per heavy atom. The molecule has 1 aromatic carbocycles. The molecule has 0 spiro atoms. The SMILES string of the molecule is CCc1ccc(S(=O)(=O)NCCCN2CCNCC2)cc1.Cl.Cl. The van der Waals surface area contributed by atoms with Crippen LogP contribution in [0.4, 0.5) is 0 Å². The van der Waals surface area contributed by atoms with Gasteiger partial charge in [-0.05, 0) is 37.1 Å². The van der Waals surface area contributed by atoms with Gasteiger partial charge in [0.1, 0.15) is 0 Å². The van der Waals surface area contributed by atoms with Crippen LogP contribution in [0, 0.1) is 0 Å². The van der Waals surface area contributed by atoms with Crippen LogP contribution in [0.5, 0.6) is 0 Å². The van der Waals surface area contributed by atoms with Crippen molar-refractivity contribution >= 4 is 34.8 Å². The fraction of sp³-hybridized carbons (Fsp3) is 0.600. The molecular formula is C15H27Cl2N3O2S. The van der Waals surface area contributed by atoms with Crippen molar-refractivity contribution in [3.8, 4) is 0 Å². The van der Waals surface area contributed by atoms with Gasteiger partial charge in [0.05, 0.1) is 4.90 Å². The third-order valence-corrected chi connectivity index (χ3v) is 5.27. The summed E-state index contributed by atoms with van der Waals surface area (Å²) in [6, 6.07) is 7.10. The standard InChI is InChI=1S/C15H25N3O2S.2ClH/c1-2-14-4-6-15(7-5-14)21(19,20)17-8-3-11-18-12-9-16-10-13-18;;/h4-7,16-17H,2-3,8-13H2,1H3;2*1H. The molecule has 0 unspecified atom stereocenters. The minimum Gasteiger partial charge on any atom is -0.314 e. The van der Waals surface area contributed by atoms with Crippen molar-refractivity contribution in [3.63, 3.8) is 0 Å². The average Bonchev–Trinajstić information content (AvgIpc) is 2.53. The molecule has 1 aliphatic heterocycles. The summed E-state index contributed by atoms with van der Waals surface area (Å²) in [5.41, 5.74) is 1.15. The number of sulfonamides is 1. The molecule has 1 saturated heterocycles. The fourth-order valence-corrected chi connectivity index (χ4v) is 3.51. The van der Waals surface area contributed by atoms with Crippen LogP contribution in [-0.2, 0) is 16.4 Å². The summed E-state index contributed by atoms with van der Waals surface area (Å²) in [5.74, 6) is 0. The summed E-state index contributed by atoms with van der Waals surface area (Å²) >= 11 is 0. The van der Waals surface area contributed by atoms with E-state index >= 15 is 0 Å². The first kappa shape index (κ1) is 22.6. The molecule has 0 saturated carbocycles. The highest BCUT2D eigenvalue weighted by molar-refractivity contribution is 7.89. The van der Waals surface area contributed by atoms with Crippen molar-refractivity contribution in [2.24, 2.45) is 0 Å². The molecule has 2 N–H and O–H groups in total. The zero-order valence-corrected chi connectivity index (χ0v) is 15.9. The van der Waals surface area contributed by atoms with E-state index in [2.05, 4.69) is 21.9 Å². The third-order valence-electron chi connectivity index (χ3n) is 3.79. The number of halogens is 2. The van der Waals surface area contributed by atoms with Gasteiger partial charge < -0.3 is 10.2 Å². The van der Waals surface area contributed by atoms with E-state index in [1.165, 1.54) is 0 Å². The fourth-order valence-electron chi connectivity index (χ4n) is 2.43. The average molecular weight is 384 g/mol. The van der Waals surface area contributed by atoms with E-state index in [9.17, 15) is 8.42 Å². The summed E-state index contributed by atoms with van der Waals surface area (Å²) in [4.78, 5) is 2.71. The Kier molecular flexibility index (Phi) is 11.1. The molecule has 0 bridgehead atoms. The van der Waals surface area contributed by atoms with Gasteiger partial charge in [0.15, 0.2) is 0 Å². The van der Waals surface area contributed by atoms with E-state index in [0.717, 1.165) is 51.1 Å². The van der Waals surface area contributed by atoms with Crippen molar-refractivity contribution in [1.82, 2.24) is 14.9 Å². The third kappa shape index (κ3) is 7.37. The number of nitrogens with zero attached hydrogens (tertiary/aromatic N) is 1. The van der Waals surface area contributed by atoms with E-state index in [1.54, 1.807) is 12.1 Å². The zero-order chi connectivity index (χ0) is 15.1. The number of hydrogen-bond donors (Lipinski definition) is 2. The van der Waals surface area contributed by atoms with Gasteiger partial charge in [-0.2, -0.15) is 0 Å². The van der Waals surface area contributed by atoms with E-state index in [1.807, 2.05) is 12.1 Å².